The molecule has 0 amide bonds. The van der Waals surface area contributed by atoms with Crippen molar-refractivity contribution in [3.05, 3.63) is 60.7 Å². The van der Waals surface area contributed by atoms with E-state index >= 15 is 0 Å². The van der Waals surface area contributed by atoms with Gasteiger partial charge in [0.2, 0.25) is 20.8 Å². The van der Waals surface area contributed by atoms with Gasteiger partial charge in [-0.2, -0.15) is 5.11 Å². The number of fused-ring (bicyclic) bond motifs is 1. The van der Waals surface area contributed by atoms with E-state index in [0.717, 1.165) is 36.4 Å². The zero-order valence-corrected chi connectivity index (χ0v) is 44.1. The Hall–Kier alpha value is -0.600. The Labute approximate surface area is 431 Å². The number of aromatic hydroxyl groups is 1. The molecule has 0 heterocycles. The van der Waals surface area contributed by atoms with Crippen molar-refractivity contribution in [2.45, 2.75) is 19.6 Å². The number of hydrogen-bond donors (Lipinski definition) is 2. The van der Waals surface area contributed by atoms with Crippen molar-refractivity contribution >= 4 is 99.9 Å². The molecule has 0 spiro atoms. The van der Waals surface area contributed by atoms with Crippen LogP contribution in [0.3, 0.4) is 0 Å². The van der Waals surface area contributed by atoms with E-state index in [-0.39, 0.29) is 151 Å². The standard InChI is InChI=1S/C26H25N5O19S6.4Na/c27-20-7-6-18-19(24(20)30-28-15-1-3-16(4-2-15)51(33,34)11-9-49-55(43,44)45)14-23(54(40,41)42)25(26(18)32)31-29-21-8-5-17(13-22(21)53(37,38)39)52(35,36)12-10-50-56(46,47)48;;;;/h1-8,13-14,32H,9-12,27H2,(H,37,38,39)(H,40,41,42)(H,43,44,45)(H,46,47,48);;;;/q;4*+1/p-4. The molecule has 24 nitrogen and oxygen atoms in total. The van der Waals surface area contributed by atoms with Crippen molar-refractivity contribution in [1.29, 1.82) is 0 Å². The van der Waals surface area contributed by atoms with E-state index in [2.05, 4.69) is 28.8 Å². The van der Waals surface area contributed by atoms with Crippen molar-refractivity contribution in [1.82, 2.24) is 0 Å². The Kier molecular flexibility index (Phi) is 22.8. The molecule has 0 aliphatic heterocycles. The Morgan fingerprint density at radius 2 is 1.00 bits per heavy atom. The van der Waals surface area contributed by atoms with Crippen molar-refractivity contribution in [3.63, 3.8) is 0 Å². The summed E-state index contributed by atoms with van der Waals surface area (Å²) in [5, 5.41) is 25.2. The molecule has 0 saturated heterocycles. The Morgan fingerprint density at radius 3 is 1.48 bits per heavy atom. The Balaban J connectivity index is 0.00000870. The molecular formula is C26H21N5Na4O19S6. The first-order valence-corrected chi connectivity index (χ1v) is 23.1. The van der Waals surface area contributed by atoms with Crippen LogP contribution in [-0.2, 0) is 69.1 Å². The van der Waals surface area contributed by atoms with Gasteiger partial charge in [0, 0.05) is 10.8 Å². The molecule has 4 aromatic carbocycles. The second-order valence-electron chi connectivity index (χ2n) is 10.7. The molecule has 34 heteroatoms. The largest absolute Gasteiger partial charge is 1.00 e. The van der Waals surface area contributed by atoms with Crippen molar-refractivity contribution < 1.29 is 200 Å². The van der Waals surface area contributed by atoms with Crippen LogP contribution >= 0.6 is 0 Å². The van der Waals surface area contributed by atoms with Gasteiger partial charge in [-0.15, -0.1) is 15.3 Å². The third kappa shape index (κ3) is 16.4. The monoisotopic (exact) mass is 991 g/mol. The molecule has 3 N–H and O–H groups in total. The maximum Gasteiger partial charge on any atom is 1.00 e. The number of azo groups is 2. The summed E-state index contributed by atoms with van der Waals surface area (Å²) in [5.74, 6) is -3.10. The van der Waals surface area contributed by atoms with Crippen molar-refractivity contribution in [2.24, 2.45) is 20.5 Å². The zero-order valence-electron chi connectivity index (χ0n) is 31.2. The maximum absolute atomic E-state index is 12.6. The van der Waals surface area contributed by atoms with Crippen LogP contribution in [0.25, 0.3) is 10.8 Å². The molecule has 304 valence electrons. The molecule has 0 fully saturated rings. The summed E-state index contributed by atoms with van der Waals surface area (Å²) < 4.78 is 194. The fourth-order valence-electron chi connectivity index (χ4n) is 4.45. The number of nitrogens with two attached hydrogens (primary N) is 1. The maximum atomic E-state index is 12.6. The minimum Gasteiger partial charge on any atom is -0.744 e. The summed E-state index contributed by atoms with van der Waals surface area (Å²) >= 11 is 0. The van der Waals surface area contributed by atoms with Crippen LogP contribution in [0.5, 0.6) is 5.75 Å². The fraction of sp³-hybridized carbons (Fsp3) is 0.154. The summed E-state index contributed by atoms with van der Waals surface area (Å²) in [6.07, 6.45) is 0. The van der Waals surface area contributed by atoms with Crippen molar-refractivity contribution in [2.75, 3.05) is 30.5 Å². The number of phenols is 1. The summed E-state index contributed by atoms with van der Waals surface area (Å²) in [5.41, 5.74) is 3.43. The predicted molar refractivity (Wildman–Crippen MR) is 183 cm³/mol. The van der Waals surface area contributed by atoms with Crippen LogP contribution in [0.2, 0.25) is 0 Å². The number of hydrogen-bond acceptors (Lipinski definition) is 24. The number of phenolic OH excluding ortho intramolecular Hbond substituents is 1. The molecule has 4 rings (SSSR count). The van der Waals surface area contributed by atoms with Gasteiger partial charge in [0.05, 0.1) is 55.7 Å². The summed E-state index contributed by atoms with van der Waals surface area (Å²) in [6, 6.07) is 8.90. The molecule has 0 unspecified atom stereocenters. The average molecular weight is 992 g/mol. The predicted octanol–water partition coefficient (Wildman–Crippen LogP) is -10.7. The topological polar surface area (TPSA) is 411 Å². The molecule has 0 aliphatic carbocycles. The van der Waals surface area contributed by atoms with E-state index in [1.807, 2.05) is 0 Å². The van der Waals surface area contributed by atoms with Gasteiger partial charge in [-0.05, 0) is 60.7 Å². The van der Waals surface area contributed by atoms with Crippen LogP contribution in [-0.4, -0.2) is 98.5 Å². The van der Waals surface area contributed by atoms with Gasteiger partial charge in [0.15, 0.2) is 25.4 Å². The quantitative estimate of drug-likeness (QED) is 0.0346. The van der Waals surface area contributed by atoms with Gasteiger partial charge in [-0.3, -0.25) is 8.37 Å². The fourth-order valence-corrected chi connectivity index (χ4v) is 8.78. The second kappa shape index (κ2) is 23.0. The Bertz CT molecular complexity index is 2980. The van der Waals surface area contributed by atoms with Crippen LogP contribution in [0.1, 0.15) is 0 Å². The van der Waals surface area contributed by atoms with E-state index in [4.69, 9.17) is 5.73 Å². The van der Waals surface area contributed by atoms with Crippen LogP contribution in [0.4, 0.5) is 28.4 Å². The van der Waals surface area contributed by atoms with Gasteiger partial charge < -0.3 is 29.1 Å². The van der Waals surface area contributed by atoms with E-state index < -0.39 is 117 Å². The van der Waals surface area contributed by atoms with Gasteiger partial charge in [0.1, 0.15) is 37.3 Å². The van der Waals surface area contributed by atoms with Gasteiger partial charge >= 0.3 is 118 Å². The number of nitrogens with zero attached hydrogens (tertiary/aromatic N) is 4. The minimum absolute atomic E-state index is 0. The van der Waals surface area contributed by atoms with Crippen LogP contribution < -0.4 is 124 Å². The molecule has 4 aromatic rings. The zero-order chi connectivity index (χ0) is 42.1. The minimum atomic E-state index is -5.60. The molecule has 0 aromatic heterocycles. The van der Waals surface area contributed by atoms with Gasteiger partial charge in [0.25, 0.3) is 0 Å². The number of sulfone groups is 2. The second-order valence-corrected chi connectivity index (χ2v) is 19.7. The number of nitrogen functional groups attached to an aromatic ring is 1. The molecule has 0 atom stereocenters. The van der Waals surface area contributed by atoms with E-state index in [9.17, 15) is 73.8 Å². The summed E-state index contributed by atoms with van der Waals surface area (Å²) in [6.45, 7) is -2.12. The van der Waals surface area contributed by atoms with Gasteiger partial charge in [-0.25, -0.2) is 50.5 Å². The first-order valence-electron chi connectivity index (χ1n) is 14.3. The summed E-state index contributed by atoms with van der Waals surface area (Å²) in [4.78, 5) is -3.84. The average Bonchev–Trinajstić information content (AvgIpc) is 3.05. The first kappa shape index (κ1) is 59.4. The summed E-state index contributed by atoms with van der Waals surface area (Å²) in [7, 11) is -30.3. The van der Waals surface area contributed by atoms with Gasteiger partial charge in [-0.1, -0.05) is 0 Å². The van der Waals surface area contributed by atoms with Crippen LogP contribution in [0.15, 0.2) is 101 Å². The SMILES string of the molecule is Nc1ccc2c(O)c(N=Nc3ccc(S(=O)(=O)CCOS(=O)(=O)[O-])cc3S(=O)(=O)[O-])c(S(=O)(=O)[O-])cc2c1N=Nc1ccc(S(=O)(=O)CCOS(=O)(=O)[O-])cc1.[Na+].[Na+].[Na+].[Na+]. The van der Waals surface area contributed by atoms with Crippen molar-refractivity contribution in [3.8, 4) is 5.75 Å². The smallest absolute Gasteiger partial charge is 0.744 e. The molecule has 0 saturated carbocycles. The van der Waals surface area contributed by atoms with Crippen LogP contribution in [0, 0.1) is 0 Å². The first-order chi connectivity index (χ1) is 25.6. The van der Waals surface area contributed by atoms with E-state index in [1.54, 1.807) is 0 Å². The molecule has 0 radical (unpaired) electrons. The molecule has 0 aliphatic rings. The Morgan fingerprint density at radius 1 is 0.533 bits per heavy atom. The molecule has 0 bridgehead atoms. The van der Waals surface area contributed by atoms with E-state index in [1.165, 1.54) is 0 Å². The third-order valence-electron chi connectivity index (χ3n) is 6.94. The normalized spacial score (nSPS) is 12.7. The molecular weight excluding hydrogens is 971 g/mol. The third-order valence-corrected chi connectivity index (χ3v) is 12.9. The number of rotatable bonds is 16. The number of benzene rings is 4. The van der Waals surface area contributed by atoms with E-state index in [0.29, 0.717) is 24.3 Å². The number of anilines is 1. The molecule has 60 heavy (non-hydrogen) atoms.